The first-order valence-corrected chi connectivity index (χ1v) is 8.77. The summed E-state index contributed by atoms with van der Waals surface area (Å²) in [6.45, 7) is 0. The van der Waals surface area contributed by atoms with E-state index in [1.807, 2.05) is 18.2 Å². The molecule has 3 rings (SSSR count). The zero-order valence-corrected chi connectivity index (χ0v) is 13.8. The third-order valence-electron chi connectivity index (χ3n) is 3.49. The number of rotatable bonds is 4. The van der Waals surface area contributed by atoms with Crippen LogP contribution in [0.15, 0.2) is 65.6 Å². The molecule has 0 saturated carbocycles. The Morgan fingerprint density at radius 1 is 0.958 bits per heavy atom. The molecule has 2 N–H and O–H groups in total. The minimum Gasteiger partial charge on any atom is -0.478 e. The van der Waals surface area contributed by atoms with Crippen molar-refractivity contribution in [2.75, 3.05) is 4.72 Å². The van der Waals surface area contributed by atoms with Crippen molar-refractivity contribution >= 4 is 44.1 Å². The molecule has 0 aliphatic heterocycles. The number of carboxylic acid groups (broad SMARTS) is 1. The lowest BCUT2D eigenvalue weighted by Crippen LogP contribution is -2.15. The maximum absolute atomic E-state index is 12.6. The molecule has 0 unspecified atom stereocenters. The van der Waals surface area contributed by atoms with Gasteiger partial charge in [-0.1, -0.05) is 41.9 Å². The molecule has 7 heteroatoms. The van der Waals surface area contributed by atoms with E-state index in [0.717, 1.165) is 10.8 Å². The molecule has 0 aliphatic carbocycles. The number of hydrogen-bond acceptors (Lipinski definition) is 3. The van der Waals surface area contributed by atoms with Crippen LogP contribution in [0.5, 0.6) is 0 Å². The van der Waals surface area contributed by atoms with Crippen molar-refractivity contribution in [3.63, 3.8) is 0 Å². The fraction of sp³-hybridized carbons (Fsp3) is 0. The lowest BCUT2D eigenvalue weighted by molar-refractivity contribution is 0.0698. The third kappa shape index (κ3) is 3.20. The van der Waals surface area contributed by atoms with Gasteiger partial charge >= 0.3 is 5.97 Å². The number of hydrogen-bond donors (Lipinski definition) is 2. The number of nitrogens with one attached hydrogen (secondary N) is 1. The van der Waals surface area contributed by atoms with Crippen LogP contribution in [0, 0.1) is 0 Å². The van der Waals surface area contributed by atoms with Crippen LogP contribution in [0.25, 0.3) is 10.8 Å². The van der Waals surface area contributed by atoms with E-state index in [4.69, 9.17) is 11.6 Å². The van der Waals surface area contributed by atoms with Gasteiger partial charge in [-0.05, 0) is 41.1 Å². The first kappa shape index (κ1) is 16.3. The van der Waals surface area contributed by atoms with Crippen LogP contribution in [0.4, 0.5) is 5.69 Å². The van der Waals surface area contributed by atoms with E-state index in [0.29, 0.717) is 0 Å². The molecule has 0 amide bonds. The summed E-state index contributed by atoms with van der Waals surface area (Å²) < 4.78 is 27.5. The minimum absolute atomic E-state index is 0.0394. The van der Waals surface area contributed by atoms with Gasteiger partial charge in [0.25, 0.3) is 10.0 Å². The lowest BCUT2D eigenvalue weighted by Gasteiger charge is -2.11. The first-order valence-electron chi connectivity index (χ1n) is 6.91. The Morgan fingerprint density at radius 3 is 2.38 bits per heavy atom. The average Bonchev–Trinajstić information content (AvgIpc) is 2.53. The number of carbonyl (C=O) groups is 1. The Morgan fingerprint density at radius 2 is 1.67 bits per heavy atom. The number of carboxylic acids is 1. The highest BCUT2D eigenvalue weighted by Crippen LogP contribution is 2.25. The predicted octanol–water partition coefficient (Wildman–Crippen LogP) is 3.99. The molecule has 3 aromatic rings. The van der Waals surface area contributed by atoms with Gasteiger partial charge in [0.1, 0.15) is 0 Å². The van der Waals surface area contributed by atoms with Crippen LogP contribution in [0.1, 0.15) is 10.4 Å². The maximum Gasteiger partial charge on any atom is 0.337 e. The largest absolute Gasteiger partial charge is 0.478 e. The molecule has 0 bridgehead atoms. The first-order chi connectivity index (χ1) is 11.4. The molecular weight excluding hydrogens is 350 g/mol. The second-order valence-electron chi connectivity index (χ2n) is 5.11. The second-order valence-corrected chi connectivity index (χ2v) is 7.23. The molecule has 24 heavy (non-hydrogen) atoms. The predicted molar refractivity (Wildman–Crippen MR) is 93.2 cm³/mol. The highest BCUT2D eigenvalue weighted by molar-refractivity contribution is 7.92. The minimum atomic E-state index is -3.95. The molecule has 0 heterocycles. The molecule has 0 aromatic heterocycles. The molecule has 122 valence electrons. The van der Waals surface area contributed by atoms with Crippen molar-refractivity contribution in [1.29, 1.82) is 0 Å². The van der Waals surface area contributed by atoms with E-state index < -0.39 is 16.0 Å². The maximum atomic E-state index is 12.6. The zero-order valence-electron chi connectivity index (χ0n) is 12.2. The summed E-state index contributed by atoms with van der Waals surface area (Å²) in [6, 6.07) is 15.9. The van der Waals surface area contributed by atoms with Gasteiger partial charge in [0.15, 0.2) is 0 Å². The van der Waals surface area contributed by atoms with Crippen LogP contribution in [-0.2, 0) is 10.0 Å². The van der Waals surface area contributed by atoms with Gasteiger partial charge in [-0.3, -0.25) is 4.72 Å². The molecule has 5 nitrogen and oxygen atoms in total. The highest BCUT2D eigenvalue weighted by Gasteiger charge is 2.19. The van der Waals surface area contributed by atoms with Crippen molar-refractivity contribution in [3.8, 4) is 0 Å². The van der Waals surface area contributed by atoms with E-state index in [1.165, 1.54) is 30.3 Å². The molecule has 0 atom stereocenters. The number of fused-ring (bicyclic) bond motifs is 1. The monoisotopic (exact) mass is 361 g/mol. The van der Waals surface area contributed by atoms with Crippen molar-refractivity contribution in [2.45, 2.75) is 4.90 Å². The molecular formula is C17H12ClNO4S. The summed E-state index contributed by atoms with van der Waals surface area (Å²) in [5, 5.41) is 11.1. The van der Waals surface area contributed by atoms with Crippen LogP contribution >= 0.6 is 11.6 Å². The summed E-state index contributed by atoms with van der Waals surface area (Å²) in [6.07, 6.45) is 0. The van der Waals surface area contributed by atoms with E-state index in [-0.39, 0.29) is 21.2 Å². The smallest absolute Gasteiger partial charge is 0.337 e. The van der Waals surface area contributed by atoms with Crippen molar-refractivity contribution in [1.82, 2.24) is 0 Å². The number of aromatic carboxylic acids is 1. The Hall–Kier alpha value is -2.57. The fourth-order valence-corrected chi connectivity index (χ4v) is 3.60. The lowest BCUT2D eigenvalue weighted by atomic mass is 10.1. The number of sulfonamides is 1. The number of anilines is 1. The Kier molecular flexibility index (Phi) is 4.17. The van der Waals surface area contributed by atoms with Gasteiger partial charge in [0.05, 0.1) is 16.1 Å². The molecule has 0 aliphatic rings. The summed E-state index contributed by atoms with van der Waals surface area (Å²) in [5.74, 6) is -1.25. The van der Waals surface area contributed by atoms with E-state index >= 15 is 0 Å². The van der Waals surface area contributed by atoms with Crippen LogP contribution in [0.3, 0.4) is 0 Å². The van der Waals surface area contributed by atoms with E-state index in [9.17, 15) is 18.3 Å². The van der Waals surface area contributed by atoms with Crippen molar-refractivity contribution in [3.05, 3.63) is 71.2 Å². The van der Waals surface area contributed by atoms with Crippen LogP contribution in [0.2, 0.25) is 5.02 Å². The molecule has 0 radical (unpaired) electrons. The van der Waals surface area contributed by atoms with E-state index in [1.54, 1.807) is 12.1 Å². The van der Waals surface area contributed by atoms with Crippen molar-refractivity contribution in [2.24, 2.45) is 0 Å². The molecule has 0 saturated heterocycles. The quantitative estimate of drug-likeness (QED) is 0.735. The highest BCUT2D eigenvalue weighted by atomic mass is 35.5. The zero-order chi connectivity index (χ0) is 17.3. The average molecular weight is 362 g/mol. The second kappa shape index (κ2) is 6.14. The van der Waals surface area contributed by atoms with Gasteiger partial charge in [-0.15, -0.1) is 0 Å². The third-order valence-corrected chi connectivity index (χ3v) is 5.09. The van der Waals surface area contributed by atoms with E-state index in [2.05, 4.69) is 4.72 Å². The van der Waals surface area contributed by atoms with Gasteiger partial charge in [0.2, 0.25) is 0 Å². The van der Waals surface area contributed by atoms with Gasteiger partial charge in [-0.25, -0.2) is 13.2 Å². The Balaban J connectivity index is 2.05. The Bertz CT molecular complexity index is 1050. The molecule has 3 aromatic carbocycles. The van der Waals surface area contributed by atoms with Gasteiger partial charge in [-0.2, -0.15) is 0 Å². The summed E-state index contributed by atoms with van der Waals surface area (Å²) >= 11 is 5.85. The van der Waals surface area contributed by atoms with Crippen molar-refractivity contribution < 1.29 is 18.3 Å². The summed E-state index contributed by atoms with van der Waals surface area (Å²) in [5.41, 5.74) is -0.257. The number of halogens is 1. The standard InChI is InChI=1S/C17H12ClNO4S/c18-13-6-8-15(17(20)21)16(10-13)19-24(22,23)14-7-5-11-3-1-2-4-12(11)9-14/h1-10,19H,(H,20,21). The topological polar surface area (TPSA) is 83.5 Å². The van der Waals surface area contributed by atoms with Crippen LogP contribution in [-0.4, -0.2) is 19.5 Å². The normalized spacial score (nSPS) is 11.4. The molecule has 0 fully saturated rings. The number of benzene rings is 3. The fourth-order valence-electron chi connectivity index (χ4n) is 2.33. The summed E-state index contributed by atoms with van der Waals surface area (Å²) in [4.78, 5) is 11.3. The Labute approximate surface area is 143 Å². The van der Waals surface area contributed by atoms with Crippen LogP contribution < -0.4 is 4.72 Å². The SMILES string of the molecule is O=C(O)c1ccc(Cl)cc1NS(=O)(=O)c1ccc2ccccc2c1. The molecule has 0 spiro atoms. The van der Waals surface area contributed by atoms with Gasteiger partial charge < -0.3 is 5.11 Å². The summed E-state index contributed by atoms with van der Waals surface area (Å²) in [7, 11) is -3.95. The van der Waals surface area contributed by atoms with Gasteiger partial charge in [0, 0.05) is 5.02 Å².